The number of imidazole rings is 1. The van der Waals surface area contributed by atoms with Gasteiger partial charge < -0.3 is 9.67 Å². The van der Waals surface area contributed by atoms with E-state index >= 15 is 0 Å². The Morgan fingerprint density at radius 1 is 1.47 bits per heavy atom. The lowest BCUT2D eigenvalue weighted by atomic mass is 10.3. The van der Waals surface area contributed by atoms with Crippen molar-refractivity contribution in [3.63, 3.8) is 0 Å². The molecule has 0 radical (unpaired) electrons. The zero-order valence-corrected chi connectivity index (χ0v) is 9.63. The van der Waals surface area contributed by atoms with Crippen LogP contribution in [0.1, 0.15) is 10.6 Å². The molecule has 0 fully saturated rings. The van der Waals surface area contributed by atoms with Crippen LogP contribution in [-0.2, 0) is 19.6 Å². The predicted molar refractivity (Wildman–Crippen MR) is 61.2 cm³/mol. The van der Waals surface area contributed by atoms with E-state index in [0.29, 0.717) is 0 Å². The number of halogens is 1. The molecule has 1 N–H and O–H groups in total. The summed E-state index contributed by atoms with van der Waals surface area (Å²) >= 11 is 7.43. The number of thiophene rings is 1. The minimum Gasteiger partial charge on any atom is -0.390 e. The van der Waals surface area contributed by atoms with Gasteiger partial charge in [0.15, 0.2) is 0 Å². The fraction of sp³-hybridized carbons (Fsp3) is 0.300. The van der Waals surface area contributed by atoms with Gasteiger partial charge in [0.1, 0.15) is 0 Å². The van der Waals surface area contributed by atoms with Crippen LogP contribution in [0, 0.1) is 0 Å². The van der Waals surface area contributed by atoms with Gasteiger partial charge in [0.25, 0.3) is 0 Å². The summed E-state index contributed by atoms with van der Waals surface area (Å²) in [6, 6.07) is 3.94. The Kier molecular flexibility index (Phi) is 3.41. The molecule has 2 aromatic rings. The van der Waals surface area contributed by atoms with E-state index in [4.69, 9.17) is 16.7 Å². The summed E-state index contributed by atoms with van der Waals surface area (Å²) in [6.07, 6.45) is 4.34. The number of hydrogen-bond acceptors (Lipinski definition) is 3. The van der Waals surface area contributed by atoms with Crippen molar-refractivity contribution in [3.8, 4) is 0 Å². The quantitative estimate of drug-likeness (QED) is 0.894. The van der Waals surface area contributed by atoms with Crippen LogP contribution >= 0.6 is 22.9 Å². The SMILES string of the molecule is OCc1cncn1CCc1ccc(Cl)s1. The summed E-state index contributed by atoms with van der Waals surface area (Å²) in [6.45, 7) is 0.859. The molecule has 0 bridgehead atoms. The number of aliphatic hydroxyl groups excluding tert-OH is 1. The predicted octanol–water partition coefficient (Wildman–Crippen LogP) is 2.33. The van der Waals surface area contributed by atoms with Crippen molar-refractivity contribution in [2.75, 3.05) is 0 Å². The van der Waals surface area contributed by atoms with Gasteiger partial charge in [-0.15, -0.1) is 11.3 Å². The fourth-order valence-corrected chi connectivity index (χ4v) is 2.47. The topological polar surface area (TPSA) is 38.1 Å². The van der Waals surface area contributed by atoms with Gasteiger partial charge in [-0.05, 0) is 18.6 Å². The average molecular weight is 243 g/mol. The first-order valence-corrected chi connectivity index (χ1v) is 5.83. The number of hydrogen-bond donors (Lipinski definition) is 1. The maximum Gasteiger partial charge on any atom is 0.0948 e. The highest BCUT2D eigenvalue weighted by Crippen LogP contribution is 2.22. The molecule has 0 unspecified atom stereocenters. The van der Waals surface area contributed by atoms with Gasteiger partial charge >= 0.3 is 0 Å². The van der Waals surface area contributed by atoms with Crippen molar-refractivity contribution in [1.82, 2.24) is 9.55 Å². The molecule has 0 aliphatic rings. The zero-order chi connectivity index (χ0) is 10.7. The molecule has 80 valence electrons. The molecule has 3 nitrogen and oxygen atoms in total. The third-order valence-electron chi connectivity index (χ3n) is 2.19. The Morgan fingerprint density at radius 3 is 3.00 bits per heavy atom. The third kappa shape index (κ3) is 2.59. The molecule has 2 rings (SSSR count). The van der Waals surface area contributed by atoms with E-state index in [1.54, 1.807) is 23.9 Å². The highest BCUT2D eigenvalue weighted by Gasteiger charge is 2.02. The molecular formula is C10H11ClN2OS. The van der Waals surface area contributed by atoms with Gasteiger partial charge in [-0.25, -0.2) is 4.98 Å². The van der Waals surface area contributed by atoms with Gasteiger partial charge in [0.05, 0.1) is 29.2 Å². The van der Waals surface area contributed by atoms with Crippen molar-refractivity contribution >= 4 is 22.9 Å². The normalized spacial score (nSPS) is 10.8. The van der Waals surface area contributed by atoms with Gasteiger partial charge in [-0.3, -0.25) is 0 Å². The average Bonchev–Trinajstić information content (AvgIpc) is 2.83. The van der Waals surface area contributed by atoms with Crippen molar-refractivity contribution < 1.29 is 5.11 Å². The monoisotopic (exact) mass is 242 g/mol. The van der Waals surface area contributed by atoms with Crippen molar-refractivity contribution in [2.45, 2.75) is 19.6 Å². The molecule has 0 aromatic carbocycles. The summed E-state index contributed by atoms with van der Waals surface area (Å²) < 4.78 is 2.77. The molecule has 0 aliphatic carbocycles. The van der Waals surface area contributed by atoms with E-state index in [-0.39, 0.29) is 6.61 Å². The highest BCUT2D eigenvalue weighted by atomic mass is 35.5. The highest BCUT2D eigenvalue weighted by molar-refractivity contribution is 7.16. The minimum absolute atomic E-state index is 0.0329. The number of aliphatic hydroxyl groups is 1. The van der Waals surface area contributed by atoms with E-state index in [1.165, 1.54) is 4.88 Å². The lowest BCUT2D eigenvalue weighted by molar-refractivity contribution is 0.270. The first-order chi connectivity index (χ1) is 7.29. The lowest BCUT2D eigenvalue weighted by Gasteiger charge is -2.04. The summed E-state index contributed by atoms with van der Waals surface area (Å²) in [4.78, 5) is 5.24. The minimum atomic E-state index is 0.0329. The summed E-state index contributed by atoms with van der Waals surface area (Å²) in [5.74, 6) is 0. The zero-order valence-electron chi connectivity index (χ0n) is 8.06. The molecule has 0 spiro atoms. The molecule has 0 aliphatic heterocycles. The van der Waals surface area contributed by atoms with Crippen LogP contribution in [0.4, 0.5) is 0 Å². The summed E-state index contributed by atoms with van der Waals surface area (Å²) in [5.41, 5.74) is 0.845. The molecule has 0 saturated heterocycles. The number of aromatic nitrogens is 2. The smallest absolute Gasteiger partial charge is 0.0948 e. The van der Waals surface area contributed by atoms with E-state index in [0.717, 1.165) is 23.0 Å². The Labute approximate surface area is 97.0 Å². The van der Waals surface area contributed by atoms with Gasteiger partial charge in [0.2, 0.25) is 0 Å². The van der Waals surface area contributed by atoms with Crippen LogP contribution in [0.3, 0.4) is 0 Å². The van der Waals surface area contributed by atoms with Crippen molar-refractivity contribution in [1.29, 1.82) is 0 Å². The maximum atomic E-state index is 9.03. The lowest BCUT2D eigenvalue weighted by Crippen LogP contribution is -2.03. The van der Waals surface area contributed by atoms with Crippen molar-refractivity contribution in [3.05, 3.63) is 39.6 Å². The number of aryl methyl sites for hydroxylation is 2. The Morgan fingerprint density at radius 2 is 2.33 bits per heavy atom. The molecule has 0 amide bonds. The fourth-order valence-electron chi connectivity index (χ4n) is 1.40. The van der Waals surface area contributed by atoms with Crippen LogP contribution in [0.25, 0.3) is 0 Å². The first-order valence-electron chi connectivity index (χ1n) is 4.63. The second-order valence-electron chi connectivity index (χ2n) is 3.19. The Hall–Kier alpha value is -0.840. The van der Waals surface area contributed by atoms with E-state index in [2.05, 4.69) is 4.98 Å². The largest absolute Gasteiger partial charge is 0.390 e. The molecule has 0 saturated carbocycles. The molecule has 2 heterocycles. The third-order valence-corrected chi connectivity index (χ3v) is 3.48. The maximum absolute atomic E-state index is 9.03. The van der Waals surface area contributed by atoms with E-state index < -0.39 is 0 Å². The number of rotatable bonds is 4. The molecule has 0 atom stereocenters. The second kappa shape index (κ2) is 4.79. The first kappa shape index (κ1) is 10.7. The van der Waals surface area contributed by atoms with E-state index in [9.17, 15) is 0 Å². The van der Waals surface area contributed by atoms with Gasteiger partial charge in [-0.2, -0.15) is 0 Å². The number of nitrogens with zero attached hydrogens (tertiary/aromatic N) is 2. The summed E-state index contributed by atoms with van der Waals surface area (Å²) in [7, 11) is 0. The van der Waals surface area contributed by atoms with Gasteiger partial charge in [-0.1, -0.05) is 11.6 Å². The van der Waals surface area contributed by atoms with Crippen LogP contribution in [0.5, 0.6) is 0 Å². The van der Waals surface area contributed by atoms with Crippen LogP contribution < -0.4 is 0 Å². The van der Waals surface area contributed by atoms with Crippen LogP contribution in [-0.4, -0.2) is 14.7 Å². The van der Waals surface area contributed by atoms with E-state index in [1.807, 2.05) is 16.7 Å². The summed E-state index contributed by atoms with van der Waals surface area (Å²) in [5, 5.41) is 9.03. The Bertz CT molecular complexity index is 438. The van der Waals surface area contributed by atoms with Crippen molar-refractivity contribution in [2.24, 2.45) is 0 Å². The van der Waals surface area contributed by atoms with Gasteiger partial charge in [0, 0.05) is 11.4 Å². The molecule has 5 heteroatoms. The molecular weight excluding hydrogens is 232 g/mol. The molecule has 2 aromatic heterocycles. The second-order valence-corrected chi connectivity index (χ2v) is 4.99. The van der Waals surface area contributed by atoms with Crippen LogP contribution in [0.15, 0.2) is 24.7 Å². The molecule has 15 heavy (non-hydrogen) atoms. The van der Waals surface area contributed by atoms with Crippen LogP contribution in [0.2, 0.25) is 4.34 Å². The Balaban J connectivity index is 1.98. The standard InChI is InChI=1S/C10H11ClN2OS/c11-10-2-1-9(15-10)3-4-13-7-12-5-8(13)6-14/h1-2,5,7,14H,3-4,6H2.